The second-order valence-electron chi connectivity index (χ2n) is 4.39. The summed E-state index contributed by atoms with van der Waals surface area (Å²) in [4.78, 5) is 0. The number of aryl methyl sites for hydroxylation is 1. The molecule has 1 aromatic rings. The molecule has 0 aliphatic rings. The highest BCUT2D eigenvalue weighted by Gasteiger charge is 2.09. The van der Waals surface area contributed by atoms with Gasteiger partial charge in [-0.3, -0.25) is 0 Å². The number of nitrogens with one attached hydrogen (secondary N) is 2. The second-order valence-corrected chi connectivity index (χ2v) is 6.31. The van der Waals surface area contributed by atoms with Crippen molar-refractivity contribution in [3.05, 3.63) is 35.1 Å². The number of hydrogen-bond acceptors (Lipinski definition) is 3. The molecule has 1 aromatic carbocycles. The minimum absolute atomic E-state index is 0.0727. The Balaban J connectivity index is 2.41. The van der Waals surface area contributed by atoms with Crippen LogP contribution in [0.5, 0.6) is 0 Å². The van der Waals surface area contributed by atoms with E-state index in [1.165, 1.54) is 12.1 Å². The fourth-order valence-corrected chi connectivity index (χ4v) is 2.71. The van der Waals surface area contributed by atoms with Crippen molar-refractivity contribution in [2.24, 2.45) is 0 Å². The van der Waals surface area contributed by atoms with Crippen LogP contribution in [-0.2, 0) is 16.4 Å². The molecule has 0 aliphatic heterocycles. The molecule has 19 heavy (non-hydrogen) atoms. The summed E-state index contributed by atoms with van der Waals surface area (Å²) in [6, 6.07) is 4.54. The normalized spacial score (nSPS) is 11.7. The third-order valence-electron chi connectivity index (χ3n) is 2.82. The van der Waals surface area contributed by atoms with E-state index in [0.29, 0.717) is 19.5 Å². The molecule has 0 heterocycles. The largest absolute Gasteiger partial charge is 0.316 e. The zero-order valence-electron chi connectivity index (χ0n) is 11.4. The van der Waals surface area contributed by atoms with Crippen LogP contribution in [0.15, 0.2) is 18.2 Å². The van der Waals surface area contributed by atoms with Gasteiger partial charge >= 0.3 is 0 Å². The Morgan fingerprint density at radius 3 is 2.63 bits per heavy atom. The van der Waals surface area contributed by atoms with Gasteiger partial charge in [-0.2, -0.15) is 0 Å². The number of rotatable bonds is 8. The van der Waals surface area contributed by atoms with E-state index < -0.39 is 10.0 Å². The standard InChI is InChI=1S/C13H21FN2O2S/c1-3-15-8-9-19(17,18)16-7-6-12-4-5-13(14)10-11(12)2/h4-5,10,15-16H,3,6-9H2,1-2H3. The van der Waals surface area contributed by atoms with Crippen LogP contribution in [0.1, 0.15) is 18.1 Å². The van der Waals surface area contributed by atoms with Gasteiger partial charge in [0.25, 0.3) is 0 Å². The lowest BCUT2D eigenvalue weighted by Gasteiger charge is -2.08. The van der Waals surface area contributed by atoms with Crippen molar-refractivity contribution in [3.8, 4) is 0 Å². The van der Waals surface area contributed by atoms with Gasteiger partial charge in [0.05, 0.1) is 5.75 Å². The molecule has 0 aromatic heterocycles. The van der Waals surface area contributed by atoms with Gasteiger partial charge in [-0.15, -0.1) is 0 Å². The summed E-state index contributed by atoms with van der Waals surface area (Å²) in [6.45, 7) is 5.28. The maximum Gasteiger partial charge on any atom is 0.212 e. The van der Waals surface area contributed by atoms with Gasteiger partial charge in [-0.1, -0.05) is 13.0 Å². The highest BCUT2D eigenvalue weighted by Crippen LogP contribution is 2.10. The van der Waals surface area contributed by atoms with Crippen molar-refractivity contribution < 1.29 is 12.8 Å². The molecule has 0 saturated heterocycles. The maximum absolute atomic E-state index is 12.9. The summed E-state index contributed by atoms with van der Waals surface area (Å²) in [5.41, 5.74) is 1.79. The molecule has 0 bridgehead atoms. The van der Waals surface area contributed by atoms with Crippen LogP contribution >= 0.6 is 0 Å². The van der Waals surface area contributed by atoms with Gasteiger partial charge in [0.2, 0.25) is 10.0 Å². The average Bonchev–Trinajstić information content (AvgIpc) is 2.32. The van der Waals surface area contributed by atoms with Gasteiger partial charge in [0, 0.05) is 13.1 Å². The molecular formula is C13H21FN2O2S. The zero-order chi connectivity index (χ0) is 14.3. The Bertz CT molecular complexity index is 503. The van der Waals surface area contributed by atoms with Crippen molar-refractivity contribution in [3.63, 3.8) is 0 Å². The molecule has 6 heteroatoms. The SMILES string of the molecule is CCNCCS(=O)(=O)NCCc1ccc(F)cc1C. The summed E-state index contributed by atoms with van der Waals surface area (Å²) in [6.07, 6.45) is 0.562. The smallest absolute Gasteiger partial charge is 0.212 e. The Hall–Kier alpha value is -0.980. The molecule has 0 spiro atoms. The van der Waals surface area contributed by atoms with Gasteiger partial charge < -0.3 is 5.32 Å². The molecule has 0 radical (unpaired) electrons. The highest BCUT2D eigenvalue weighted by molar-refractivity contribution is 7.89. The molecule has 0 amide bonds. The second kappa shape index (κ2) is 7.57. The molecular weight excluding hydrogens is 267 g/mol. The van der Waals surface area contributed by atoms with Crippen LogP contribution in [0.25, 0.3) is 0 Å². The monoisotopic (exact) mass is 288 g/mol. The topological polar surface area (TPSA) is 58.2 Å². The first-order valence-corrected chi connectivity index (χ1v) is 8.03. The van der Waals surface area contributed by atoms with E-state index >= 15 is 0 Å². The summed E-state index contributed by atoms with van der Waals surface area (Å²) in [5, 5.41) is 2.97. The number of halogens is 1. The molecule has 2 N–H and O–H groups in total. The molecule has 0 atom stereocenters. The number of hydrogen-bond donors (Lipinski definition) is 2. The quantitative estimate of drug-likeness (QED) is 0.707. The predicted molar refractivity (Wildman–Crippen MR) is 75.2 cm³/mol. The summed E-state index contributed by atoms with van der Waals surface area (Å²) in [7, 11) is -3.23. The maximum atomic E-state index is 12.9. The van der Waals surface area contributed by atoms with Gasteiger partial charge in [0.1, 0.15) is 5.82 Å². The van der Waals surface area contributed by atoms with E-state index in [0.717, 1.165) is 17.7 Å². The van der Waals surface area contributed by atoms with Crippen molar-refractivity contribution in [1.82, 2.24) is 10.0 Å². The number of benzene rings is 1. The van der Waals surface area contributed by atoms with Crippen LogP contribution in [0.4, 0.5) is 4.39 Å². The zero-order valence-corrected chi connectivity index (χ0v) is 12.2. The van der Waals surface area contributed by atoms with E-state index in [1.54, 1.807) is 6.07 Å². The predicted octanol–water partition coefficient (Wildman–Crippen LogP) is 1.21. The van der Waals surface area contributed by atoms with E-state index in [-0.39, 0.29) is 11.6 Å². The third kappa shape index (κ3) is 6.13. The lowest BCUT2D eigenvalue weighted by atomic mass is 10.1. The first kappa shape index (κ1) is 16.1. The van der Waals surface area contributed by atoms with Crippen LogP contribution in [-0.4, -0.2) is 33.8 Å². The van der Waals surface area contributed by atoms with Gasteiger partial charge in [-0.05, 0) is 43.1 Å². The van der Waals surface area contributed by atoms with Crippen molar-refractivity contribution in [1.29, 1.82) is 0 Å². The first-order chi connectivity index (χ1) is 8.94. The summed E-state index contributed by atoms with van der Waals surface area (Å²) in [5.74, 6) is -0.198. The molecule has 0 fully saturated rings. The average molecular weight is 288 g/mol. The van der Waals surface area contributed by atoms with E-state index in [9.17, 15) is 12.8 Å². The Kier molecular flexibility index (Phi) is 6.41. The molecule has 108 valence electrons. The Morgan fingerprint density at radius 1 is 1.26 bits per heavy atom. The van der Waals surface area contributed by atoms with Crippen LogP contribution in [0.2, 0.25) is 0 Å². The summed E-state index contributed by atoms with van der Waals surface area (Å²) >= 11 is 0. The lowest BCUT2D eigenvalue weighted by molar-refractivity contribution is 0.577. The van der Waals surface area contributed by atoms with Gasteiger partial charge in [-0.25, -0.2) is 17.5 Å². The molecule has 0 aliphatic carbocycles. The van der Waals surface area contributed by atoms with Crippen molar-refractivity contribution in [2.75, 3.05) is 25.4 Å². The molecule has 4 nitrogen and oxygen atoms in total. The molecule has 0 saturated carbocycles. The third-order valence-corrected chi connectivity index (χ3v) is 4.20. The summed E-state index contributed by atoms with van der Waals surface area (Å²) < 4.78 is 38.7. The highest BCUT2D eigenvalue weighted by atomic mass is 32.2. The fourth-order valence-electron chi connectivity index (χ4n) is 1.74. The first-order valence-electron chi connectivity index (χ1n) is 6.37. The Morgan fingerprint density at radius 2 is 2.00 bits per heavy atom. The number of sulfonamides is 1. The molecule has 1 rings (SSSR count). The lowest BCUT2D eigenvalue weighted by Crippen LogP contribution is -2.33. The van der Waals surface area contributed by atoms with Gasteiger partial charge in [0.15, 0.2) is 0 Å². The van der Waals surface area contributed by atoms with E-state index in [1.807, 2.05) is 13.8 Å². The minimum Gasteiger partial charge on any atom is -0.316 e. The molecule has 0 unspecified atom stereocenters. The van der Waals surface area contributed by atoms with E-state index in [4.69, 9.17) is 0 Å². The fraction of sp³-hybridized carbons (Fsp3) is 0.538. The van der Waals surface area contributed by atoms with Crippen LogP contribution in [0, 0.1) is 12.7 Å². The minimum atomic E-state index is -3.23. The van der Waals surface area contributed by atoms with Crippen molar-refractivity contribution in [2.45, 2.75) is 20.3 Å². The van der Waals surface area contributed by atoms with Crippen LogP contribution in [0.3, 0.4) is 0 Å². The van der Waals surface area contributed by atoms with E-state index in [2.05, 4.69) is 10.0 Å². The van der Waals surface area contributed by atoms with Crippen LogP contribution < -0.4 is 10.0 Å². The van der Waals surface area contributed by atoms with Crippen molar-refractivity contribution >= 4 is 10.0 Å². The Labute approximate surface area is 114 Å².